The van der Waals surface area contributed by atoms with Gasteiger partial charge in [-0.25, -0.2) is 12.7 Å². The Bertz CT molecular complexity index is 441. The number of hydrogen-bond acceptors (Lipinski definition) is 5. The van der Waals surface area contributed by atoms with Crippen LogP contribution in [0.15, 0.2) is 16.3 Å². The predicted molar refractivity (Wildman–Crippen MR) is 66.6 cm³/mol. The van der Waals surface area contributed by atoms with E-state index in [0.29, 0.717) is 24.4 Å². The van der Waals surface area contributed by atoms with E-state index in [1.165, 1.54) is 10.4 Å². The molecule has 0 amide bonds. The maximum atomic E-state index is 12.1. The molecular weight excluding hydrogens is 262 g/mol. The first-order valence-electron chi connectivity index (χ1n) is 5.17. The van der Waals surface area contributed by atoms with Crippen molar-refractivity contribution in [3.63, 3.8) is 0 Å². The topological polar surface area (TPSA) is 66.8 Å². The lowest BCUT2D eigenvalue weighted by atomic mass is 10.5. The zero-order valence-corrected chi connectivity index (χ0v) is 11.6. The second kappa shape index (κ2) is 6.46. The summed E-state index contributed by atoms with van der Waals surface area (Å²) in [6, 6.07) is 3.15. The van der Waals surface area contributed by atoms with Crippen molar-refractivity contribution in [2.45, 2.75) is 17.2 Å². The van der Waals surface area contributed by atoms with E-state index >= 15 is 0 Å². The van der Waals surface area contributed by atoms with Crippen molar-refractivity contribution in [2.24, 2.45) is 0 Å². The molecule has 0 saturated carbocycles. The normalized spacial score (nSPS) is 12.2. The van der Waals surface area contributed by atoms with Gasteiger partial charge in [0.2, 0.25) is 0 Å². The predicted octanol–water partition coefficient (Wildman–Crippen LogP) is 0.897. The summed E-state index contributed by atoms with van der Waals surface area (Å²) in [6.45, 7) is 0.822. The highest BCUT2D eigenvalue weighted by atomic mass is 32.2. The SMILES string of the molecule is COCCCN(C)S(=O)(=O)c1ccc(CO)s1. The molecule has 0 spiro atoms. The van der Waals surface area contributed by atoms with Crippen molar-refractivity contribution in [3.05, 3.63) is 17.0 Å². The van der Waals surface area contributed by atoms with Crippen molar-refractivity contribution < 1.29 is 18.3 Å². The molecule has 0 atom stereocenters. The quantitative estimate of drug-likeness (QED) is 0.753. The Morgan fingerprint density at radius 2 is 2.18 bits per heavy atom. The lowest BCUT2D eigenvalue weighted by molar-refractivity contribution is 0.189. The van der Waals surface area contributed by atoms with E-state index in [4.69, 9.17) is 9.84 Å². The molecule has 0 radical (unpaired) electrons. The minimum atomic E-state index is -3.42. The van der Waals surface area contributed by atoms with Crippen LogP contribution in [0.5, 0.6) is 0 Å². The van der Waals surface area contributed by atoms with E-state index in [9.17, 15) is 8.42 Å². The molecule has 1 heterocycles. The van der Waals surface area contributed by atoms with Gasteiger partial charge in [-0.15, -0.1) is 11.3 Å². The summed E-state index contributed by atoms with van der Waals surface area (Å²) in [5, 5.41) is 8.91. The average molecular weight is 279 g/mol. The van der Waals surface area contributed by atoms with Gasteiger partial charge in [0.05, 0.1) is 6.61 Å². The Morgan fingerprint density at radius 1 is 1.47 bits per heavy atom. The summed E-state index contributed by atoms with van der Waals surface area (Å²) in [4.78, 5) is 0.647. The second-order valence-electron chi connectivity index (χ2n) is 3.55. The largest absolute Gasteiger partial charge is 0.391 e. The van der Waals surface area contributed by atoms with Gasteiger partial charge in [-0.2, -0.15) is 0 Å². The Kier molecular flexibility index (Phi) is 5.54. The number of aliphatic hydroxyl groups is 1. The number of ether oxygens (including phenoxy) is 1. The molecule has 1 N–H and O–H groups in total. The smallest absolute Gasteiger partial charge is 0.252 e. The van der Waals surface area contributed by atoms with Crippen LogP contribution in [0.1, 0.15) is 11.3 Å². The van der Waals surface area contributed by atoms with E-state index in [0.717, 1.165) is 11.3 Å². The minimum Gasteiger partial charge on any atom is -0.391 e. The fraction of sp³-hybridized carbons (Fsp3) is 0.600. The lowest BCUT2D eigenvalue weighted by Gasteiger charge is -2.15. The molecule has 0 bridgehead atoms. The summed E-state index contributed by atoms with van der Waals surface area (Å²) >= 11 is 1.10. The maximum Gasteiger partial charge on any atom is 0.252 e. The van der Waals surface area contributed by atoms with Crippen molar-refractivity contribution in [2.75, 3.05) is 27.3 Å². The molecule has 0 unspecified atom stereocenters. The number of aliphatic hydroxyl groups excluding tert-OH is 1. The molecule has 0 aliphatic rings. The van der Waals surface area contributed by atoms with E-state index < -0.39 is 10.0 Å². The maximum absolute atomic E-state index is 12.1. The van der Waals surface area contributed by atoms with Gasteiger partial charge in [-0.05, 0) is 18.6 Å². The zero-order chi connectivity index (χ0) is 12.9. The van der Waals surface area contributed by atoms with Crippen molar-refractivity contribution in [3.8, 4) is 0 Å². The molecular formula is C10H17NO4S2. The summed E-state index contributed by atoms with van der Waals surface area (Å²) in [5.41, 5.74) is 0. The molecule has 7 heteroatoms. The molecule has 17 heavy (non-hydrogen) atoms. The first-order valence-corrected chi connectivity index (χ1v) is 7.43. The van der Waals surface area contributed by atoms with Gasteiger partial charge < -0.3 is 9.84 Å². The van der Waals surface area contributed by atoms with Crippen molar-refractivity contribution in [1.29, 1.82) is 0 Å². The van der Waals surface area contributed by atoms with E-state index in [1.54, 1.807) is 20.2 Å². The van der Waals surface area contributed by atoms with E-state index in [2.05, 4.69) is 0 Å². The number of sulfonamides is 1. The summed E-state index contributed by atoms with van der Waals surface area (Å²) in [6.07, 6.45) is 0.657. The minimum absolute atomic E-state index is 0.131. The first-order chi connectivity index (χ1) is 8.02. The Balaban J connectivity index is 2.73. The van der Waals surface area contributed by atoms with Crippen LogP contribution in [-0.4, -0.2) is 45.1 Å². The van der Waals surface area contributed by atoms with Crippen LogP contribution in [0.4, 0.5) is 0 Å². The monoisotopic (exact) mass is 279 g/mol. The Hall–Kier alpha value is -0.470. The molecule has 1 rings (SSSR count). The van der Waals surface area contributed by atoms with Crippen LogP contribution in [0.25, 0.3) is 0 Å². The number of hydrogen-bond donors (Lipinski definition) is 1. The van der Waals surface area contributed by atoms with Gasteiger partial charge in [0.15, 0.2) is 0 Å². The van der Waals surface area contributed by atoms with E-state index in [1.807, 2.05) is 0 Å². The highest BCUT2D eigenvalue weighted by molar-refractivity contribution is 7.91. The van der Waals surface area contributed by atoms with Crippen LogP contribution in [0.3, 0.4) is 0 Å². The molecule has 0 fully saturated rings. The number of thiophene rings is 1. The average Bonchev–Trinajstić information content (AvgIpc) is 2.78. The third-order valence-electron chi connectivity index (χ3n) is 2.28. The van der Waals surface area contributed by atoms with Crippen molar-refractivity contribution >= 4 is 21.4 Å². The molecule has 1 aromatic heterocycles. The molecule has 1 aromatic rings. The van der Waals surface area contributed by atoms with Gasteiger partial charge >= 0.3 is 0 Å². The van der Waals surface area contributed by atoms with Gasteiger partial charge in [-0.3, -0.25) is 0 Å². The van der Waals surface area contributed by atoms with Gasteiger partial charge in [0.1, 0.15) is 4.21 Å². The summed E-state index contributed by atoms with van der Waals surface area (Å²) in [7, 11) is -0.294. The third kappa shape index (κ3) is 3.75. The second-order valence-corrected chi connectivity index (χ2v) is 6.99. The first kappa shape index (κ1) is 14.6. The number of rotatable bonds is 7. The molecule has 98 valence electrons. The van der Waals surface area contributed by atoms with Gasteiger partial charge in [-0.1, -0.05) is 0 Å². The highest BCUT2D eigenvalue weighted by Crippen LogP contribution is 2.24. The molecule has 0 saturated heterocycles. The number of methoxy groups -OCH3 is 1. The summed E-state index contributed by atoms with van der Waals surface area (Å²) < 4.78 is 30.6. The van der Waals surface area contributed by atoms with Crippen LogP contribution in [0, 0.1) is 0 Å². The fourth-order valence-electron chi connectivity index (χ4n) is 1.29. The Labute approximate surface area is 106 Å². The van der Waals surface area contributed by atoms with Gasteiger partial charge in [0.25, 0.3) is 10.0 Å². The van der Waals surface area contributed by atoms with Crippen LogP contribution < -0.4 is 0 Å². The molecule has 0 aliphatic heterocycles. The standard InChI is InChI=1S/C10H17NO4S2/c1-11(6-3-7-15-2)17(13,14)10-5-4-9(8-12)16-10/h4-5,12H,3,6-8H2,1-2H3. The van der Waals surface area contributed by atoms with Crippen LogP contribution in [0.2, 0.25) is 0 Å². The molecule has 0 aromatic carbocycles. The van der Waals surface area contributed by atoms with Crippen LogP contribution in [-0.2, 0) is 21.4 Å². The molecule has 0 aliphatic carbocycles. The fourth-order valence-corrected chi connectivity index (χ4v) is 3.92. The van der Waals surface area contributed by atoms with Crippen LogP contribution >= 0.6 is 11.3 Å². The lowest BCUT2D eigenvalue weighted by Crippen LogP contribution is -2.27. The zero-order valence-electron chi connectivity index (χ0n) is 9.92. The summed E-state index contributed by atoms with van der Waals surface area (Å²) in [5.74, 6) is 0. The number of nitrogens with zero attached hydrogens (tertiary/aromatic N) is 1. The van der Waals surface area contributed by atoms with Crippen molar-refractivity contribution in [1.82, 2.24) is 4.31 Å². The molecule has 5 nitrogen and oxygen atoms in total. The third-order valence-corrected chi connectivity index (χ3v) is 5.67. The highest BCUT2D eigenvalue weighted by Gasteiger charge is 2.22. The van der Waals surface area contributed by atoms with Gasteiger partial charge in [0, 0.05) is 32.2 Å². The Morgan fingerprint density at radius 3 is 2.71 bits per heavy atom. The van der Waals surface area contributed by atoms with E-state index in [-0.39, 0.29) is 10.8 Å².